The molecule has 0 radical (unpaired) electrons. The minimum Gasteiger partial charge on any atom is -0.372 e. The van der Waals surface area contributed by atoms with Crippen LogP contribution in [0.15, 0.2) is 36.7 Å². The lowest BCUT2D eigenvalue weighted by molar-refractivity contribution is 0.578. The van der Waals surface area contributed by atoms with Gasteiger partial charge in [0.05, 0.1) is 0 Å². The zero-order chi connectivity index (χ0) is 13.8. The molecule has 0 atom stereocenters. The van der Waals surface area contributed by atoms with Gasteiger partial charge in [-0.15, -0.1) is 0 Å². The van der Waals surface area contributed by atoms with Crippen LogP contribution in [0.1, 0.15) is 19.3 Å². The fourth-order valence-electron chi connectivity index (χ4n) is 2.41. The van der Waals surface area contributed by atoms with E-state index in [9.17, 15) is 0 Å². The van der Waals surface area contributed by atoms with Crippen LogP contribution >= 0.6 is 22.6 Å². The van der Waals surface area contributed by atoms with Crippen molar-refractivity contribution in [2.24, 2.45) is 0 Å². The minimum atomic E-state index is 0.635. The first-order valence-electron chi connectivity index (χ1n) is 6.91. The number of aromatic nitrogens is 2. The molecule has 1 saturated heterocycles. The Morgan fingerprint density at radius 2 is 1.60 bits per heavy atom. The van der Waals surface area contributed by atoms with Gasteiger partial charge >= 0.3 is 0 Å². The summed E-state index contributed by atoms with van der Waals surface area (Å²) < 4.78 is 1.04. The molecule has 1 aromatic carbocycles. The first-order valence-corrected chi connectivity index (χ1v) is 7.99. The Morgan fingerprint density at radius 1 is 0.950 bits per heavy atom. The number of hydrogen-bond acceptors (Lipinski definition) is 4. The third-order valence-corrected chi connectivity index (χ3v) is 4.02. The lowest BCUT2D eigenvalue weighted by Gasteiger charge is -2.28. The van der Waals surface area contributed by atoms with Crippen LogP contribution in [0.25, 0.3) is 0 Å². The third-order valence-electron chi connectivity index (χ3n) is 3.46. The first-order chi connectivity index (χ1) is 9.81. The molecular weight excluding hydrogens is 363 g/mol. The van der Waals surface area contributed by atoms with Gasteiger partial charge in [0.2, 0.25) is 5.95 Å². The van der Waals surface area contributed by atoms with Crippen molar-refractivity contribution in [1.29, 1.82) is 0 Å². The Labute approximate surface area is 132 Å². The second kappa shape index (κ2) is 6.39. The van der Waals surface area contributed by atoms with Gasteiger partial charge in [-0.3, -0.25) is 0 Å². The van der Waals surface area contributed by atoms with E-state index in [0.29, 0.717) is 5.95 Å². The summed E-state index contributed by atoms with van der Waals surface area (Å²) in [5.41, 5.74) is 2.32. The predicted molar refractivity (Wildman–Crippen MR) is 90.5 cm³/mol. The van der Waals surface area contributed by atoms with E-state index in [2.05, 4.69) is 67.0 Å². The maximum atomic E-state index is 4.25. The Bertz CT molecular complexity index is 547. The van der Waals surface area contributed by atoms with E-state index in [1.807, 2.05) is 0 Å². The van der Waals surface area contributed by atoms with Crippen LogP contribution in [0.4, 0.5) is 17.3 Å². The summed E-state index contributed by atoms with van der Waals surface area (Å²) in [4.78, 5) is 10.9. The number of benzene rings is 1. The number of rotatable bonds is 3. The van der Waals surface area contributed by atoms with Gasteiger partial charge in [0.25, 0.3) is 0 Å². The van der Waals surface area contributed by atoms with Crippen LogP contribution < -0.4 is 10.2 Å². The second-order valence-electron chi connectivity index (χ2n) is 4.94. The number of nitrogens with one attached hydrogen (secondary N) is 1. The van der Waals surface area contributed by atoms with Crippen molar-refractivity contribution in [3.8, 4) is 0 Å². The zero-order valence-electron chi connectivity index (χ0n) is 11.2. The molecule has 2 aromatic rings. The van der Waals surface area contributed by atoms with E-state index in [4.69, 9.17) is 0 Å². The molecule has 0 saturated carbocycles. The van der Waals surface area contributed by atoms with Gasteiger partial charge < -0.3 is 10.2 Å². The summed E-state index contributed by atoms with van der Waals surface area (Å²) in [5, 5.41) is 3.22. The Hall–Kier alpha value is -1.37. The summed E-state index contributed by atoms with van der Waals surface area (Å²) in [5.74, 6) is 0.635. The highest BCUT2D eigenvalue weighted by atomic mass is 127. The van der Waals surface area contributed by atoms with Crippen molar-refractivity contribution in [2.45, 2.75) is 19.3 Å². The number of hydrogen-bond donors (Lipinski definition) is 1. The smallest absolute Gasteiger partial charge is 0.227 e. The SMILES string of the molecule is Ic1cnc(Nc2ccc(N3CCCCC3)cc2)nc1. The average molecular weight is 380 g/mol. The van der Waals surface area contributed by atoms with Crippen molar-refractivity contribution in [3.05, 3.63) is 40.2 Å². The van der Waals surface area contributed by atoms with Crippen molar-refractivity contribution < 1.29 is 0 Å². The molecule has 5 heteroatoms. The van der Waals surface area contributed by atoms with E-state index in [0.717, 1.165) is 9.26 Å². The van der Waals surface area contributed by atoms with Crippen LogP contribution in [0.2, 0.25) is 0 Å². The molecule has 2 heterocycles. The van der Waals surface area contributed by atoms with Crippen LogP contribution in [-0.2, 0) is 0 Å². The van der Waals surface area contributed by atoms with Gasteiger partial charge in [0.1, 0.15) is 0 Å². The molecule has 0 unspecified atom stereocenters. The van der Waals surface area contributed by atoms with E-state index < -0.39 is 0 Å². The zero-order valence-corrected chi connectivity index (χ0v) is 13.4. The molecule has 3 rings (SSSR count). The van der Waals surface area contributed by atoms with Crippen molar-refractivity contribution in [3.63, 3.8) is 0 Å². The maximum absolute atomic E-state index is 4.25. The maximum Gasteiger partial charge on any atom is 0.227 e. The molecule has 0 amide bonds. The molecule has 1 aliphatic heterocycles. The molecule has 20 heavy (non-hydrogen) atoms. The largest absolute Gasteiger partial charge is 0.372 e. The highest BCUT2D eigenvalue weighted by molar-refractivity contribution is 14.1. The lowest BCUT2D eigenvalue weighted by atomic mass is 10.1. The van der Waals surface area contributed by atoms with Crippen LogP contribution in [0, 0.1) is 3.57 Å². The van der Waals surface area contributed by atoms with Gasteiger partial charge in [-0.1, -0.05) is 0 Å². The second-order valence-corrected chi connectivity index (χ2v) is 6.19. The van der Waals surface area contributed by atoms with E-state index >= 15 is 0 Å². The van der Waals surface area contributed by atoms with E-state index in [-0.39, 0.29) is 0 Å². The molecule has 104 valence electrons. The quantitative estimate of drug-likeness (QED) is 0.823. The van der Waals surface area contributed by atoms with Crippen molar-refractivity contribution >= 4 is 39.9 Å². The molecule has 0 spiro atoms. The first kappa shape index (κ1) is 13.6. The van der Waals surface area contributed by atoms with Crippen molar-refractivity contribution in [2.75, 3.05) is 23.3 Å². The molecule has 1 aromatic heterocycles. The monoisotopic (exact) mass is 380 g/mol. The molecule has 1 fully saturated rings. The number of anilines is 3. The van der Waals surface area contributed by atoms with Gasteiger partial charge in [0, 0.05) is 40.4 Å². The Balaban J connectivity index is 1.67. The topological polar surface area (TPSA) is 41.1 Å². The van der Waals surface area contributed by atoms with Gasteiger partial charge in [0.15, 0.2) is 0 Å². The Morgan fingerprint density at radius 3 is 2.25 bits per heavy atom. The molecule has 4 nitrogen and oxygen atoms in total. The normalized spacial score (nSPS) is 15.2. The number of nitrogens with zero attached hydrogens (tertiary/aromatic N) is 3. The fraction of sp³-hybridized carbons (Fsp3) is 0.333. The Kier molecular flexibility index (Phi) is 4.34. The summed E-state index contributed by atoms with van der Waals surface area (Å²) in [6.45, 7) is 2.35. The molecule has 0 bridgehead atoms. The molecule has 0 aliphatic carbocycles. The highest BCUT2D eigenvalue weighted by Gasteiger charge is 2.10. The lowest BCUT2D eigenvalue weighted by Crippen LogP contribution is -2.29. The van der Waals surface area contributed by atoms with E-state index in [1.165, 1.54) is 38.0 Å². The summed E-state index contributed by atoms with van der Waals surface area (Å²) in [7, 11) is 0. The molecular formula is C15H17IN4. The summed E-state index contributed by atoms with van der Waals surface area (Å²) >= 11 is 2.20. The predicted octanol–water partition coefficient (Wildman–Crippen LogP) is 3.82. The van der Waals surface area contributed by atoms with Gasteiger partial charge in [-0.2, -0.15) is 0 Å². The molecule has 1 N–H and O–H groups in total. The number of halogens is 1. The summed E-state index contributed by atoms with van der Waals surface area (Å²) in [6.07, 6.45) is 7.57. The fourth-order valence-corrected chi connectivity index (χ4v) is 2.69. The standard InChI is InChI=1S/C15H17IN4/c16-12-10-17-15(18-11-12)19-13-4-6-14(7-5-13)20-8-2-1-3-9-20/h4-7,10-11H,1-3,8-9H2,(H,17,18,19). The molecule has 1 aliphatic rings. The van der Waals surface area contributed by atoms with Gasteiger partial charge in [-0.05, 0) is 66.1 Å². The van der Waals surface area contributed by atoms with Crippen molar-refractivity contribution in [1.82, 2.24) is 9.97 Å². The van der Waals surface area contributed by atoms with Crippen LogP contribution in [0.3, 0.4) is 0 Å². The number of piperidine rings is 1. The van der Waals surface area contributed by atoms with Crippen LogP contribution in [-0.4, -0.2) is 23.1 Å². The minimum absolute atomic E-state index is 0.635. The van der Waals surface area contributed by atoms with Gasteiger partial charge in [-0.25, -0.2) is 9.97 Å². The van der Waals surface area contributed by atoms with Crippen LogP contribution in [0.5, 0.6) is 0 Å². The highest BCUT2D eigenvalue weighted by Crippen LogP contribution is 2.22. The van der Waals surface area contributed by atoms with E-state index in [1.54, 1.807) is 12.4 Å². The third kappa shape index (κ3) is 3.39. The summed E-state index contributed by atoms with van der Waals surface area (Å²) in [6, 6.07) is 8.51. The average Bonchev–Trinajstić information content (AvgIpc) is 2.51.